The summed E-state index contributed by atoms with van der Waals surface area (Å²) >= 11 is 0. The average molecular weight is 265 g/mol. The van der Waals surface area contributed by atoms with Gasteiger partial charge >= 0.3 is 0 Å². The third kappa shape index (κ3) is 3.44. The number of likely N-dealkylation sites (tertiary alicyclic amines) is 1. The van der Waals surface area contributed by atoms with Gasteiger partial charge in [-0.1, -0.05) is 6.92 Å². The minimum Gasteiger partial charge on any atom is -0.398 e. The highest BCUT2D eigenvalue weighted by Crippen LogP contribution is 2.15. The molecule has 0 aromatic heterocycles. The van der Waals surface area contributed by atoms with Crippen LogP contribution >= 0.6 is 0 Å². The number of benzene rings is 1. The number of hydrogen-bond acceptors (Lipinski definition) is 3. The van der Waals surface area contributed by atoms with E-state index in [1.165, 1.54) is 18.2 Å². The summed E-state index contributed by atoms with van der Waals surface area (Å²) in [5, 5.41) is 2.98. The maximum absolute atomic E-state index is 12.9. The molecule has 1 aliphatic heterocycles. The van der Waals surface area contributed by atoms with E-state index < -0.39 is 5.82 Å². The van der Waals surface area contributed by atoms with E-state index in [0.717, 1.165) is 32.5 Å². The van der Waals surface area contributed by atoms with Crippen LogP contribution in [0.4, 0.5) is 10.1 Å². The van der Waals surface area contributed by atoms with Crippen LogP contribution in [0.3, 0.4) is 0 Å². The first-order chi connectivity index (χ1) is 9.10. The summed E-state index contributed by atoms with van der Waals surface area (Å²) in [5.74, 6) is -0.649. The van der Waals surface area contributed by atoms with Gasteiger partial charge in [-0.2, -0.15) is 0 Å². The van der Waals surface area contributed by atoms with E-state index in [1.807, 2.05) is 0 Å². The van der Waals surface area contributed by atoms with E-state index in [0.29, 0.717) is 5.56 Å². The molecule has 1 heterocycles. The van der Waals surface area contributed by atoms with Crippen LogP contribution in [0.1, 0.15) is 30.1 Å². The van der Waals surface area contributed by atoms with Gasteiger partial charge in [0.15, 0.2) is 0 Å². The second kappa shape index (κ2) is 6.02. The lowest BCUT2D eigenvalue weighted by atomic mass is 10.0. The first-order valence-corrected chi connectivity index (χ1v) is 6.68. The molecule has 1 fully saturated rings. The monoisotopic (exact) mass is 265 g/mol. The highest BCUT2D eigenvalue weighted by Gasteiger charge is 2.21. The van der Waals surface area contributed by atoms with Crippen molar-refractivity contribution in [1.82, 2.24) is 10.2 Å². The molecule has 1 aliphatic rings. The number of nitrogens with one attached hydrogen (secondary N) is 1. The van der Waals surface area contributed by atoms with Crippen LogP contribution in [0, 0.1) is 5.82 Å². The largest absolute Gasteiger partial charge is 0.398 e. The van der Waals surface area contributed by atoms with Crippen LogP contribution in [-0.4, -0.2) is 36.5 Å². The lowest BCUT2D eigenvalue weighted by Crippen LogP contribution is -2.47. The van der Waals surface area contributed by atoms with Crippen molar-refractivity contribution in [2.75, 3.05) is 25.4 Å². The topological polar surface area (TPSA) is 58.4 Å². The molecule has 5 heteroatoms. The predicted octanol–water partition coefficient (Wildman–Crippen LogP) is 1.62. The van der Waals surface area contributed by atoms with Crippen LogP contribution in [-0.2, 0) is 0 Å². The summed E-state index contributed by atoms with van der Waals surface area (Å²) in [5.41, 5.74) is 6.19. The fourth-order valence-corrected chi connectivity index (χ4v) is 2.46. The van der Waals surface area contributed by atoms with Gasteiger partial charge in [0, 0.05) is 18.3 Å². The third-order valence-electron chi connectivity index (χ3n) is 3.55. The molecule has 0 radical (unpaired) electrons. The Labute approximate surface area is 112 Å². The number of carbonyl (C=O) groups excluding carboxylic acids is 1. The van der Waals surface area contributed by atoms with Gasteiger partial charge in [0.25, 0.3) is 5.91 Å². The summed E-state index contributed by atoms with van der Waals surface area (Å²) in [6.07, 6.45) is 2.06. The van der Waals surface area contributed by atoms with Gasteiger partial charge in [-0.25, -0.2) is 4.39 Å². The zero-order valence-electron chi connectivity index (χ0n) is 11.2. The number of nitrogen functional groups attached to an aromatic ring is 1. The van der Waals surface area contributed by atoms with Gasteiger partial charge in [0.05, 0.1) is 5.56 Å². The van der Waals surface area contributed by atoms with Crippen LogP contribution in [0.25, 0.3) is 0 Å². The zero-order valence-corrected chi connectivity index (χ0v) is 11.2. The smallest absolute Gasteiger partial charge is 0.253 e. The number of amides is 1. The summed E-state index contributed by atoms with van der Waals surface area (Å²) in [7, 11) is 0. The van der Waals surface area contributed by atoms with Crippen molar-refractivity contribution in [2.45, 2.75) is 25.8 Å². The Hall–Kier alpha value is -1.62. The van der Waals surface area contributed by atoms with E-state index in [-0.39, 0.29) is 17.6 Å². The molecule has 1 aromatic carbocycles. The van der Waals surface area contributed by atoms with Crippen LogP contribution in [0.15, 0.2) is 18.2 Å². The van der Waals surface area contributed by atoms with Crippen molar-refractivity contribution in [3.8, 4) is 0 Å². The molecule has 1 atom stereocenters. The molecule has 1 unspecified atom stereocenters. The molecular formula is C14H20FN3O. The highest BCUT2D eigenvalue weighted by molar-refractivity contribution is 5.99. The molecule has 4 nitrogen and oxygen atoms in total. The van der Waals surface area contributed by atoms with Crippen molar-refractivity contribution < 1.29 is 9.18 Å². The lowest BCUT2D eigenvalue weighted by molar-refractivity contribution is 0.0906. The van der Waals surface area contributed by atoms with Gasteiger partial charge in [-0.15, -0.1) is 0 Å². The molecule has 0 spiro atoms. The number of carbonyl (C=O) groups is 1. The lowest BCUT2D eigenvalue weighted by Gasteiger charge is -2.32. The Morgan fingerprint density at radius 1 is 1.58 bits per heavy atom. The van der Waals surface area contributed by atoms with E-state index in [2.05, 4.69) is 17.1 Å². The molecule has 1 aromatic rings. The average Bonchev–Trinajstić information content (AvgIpc) is 2.38. The van der Waals surface area contributed by atoms with Crippen molar-refractivity contribution in [3.63, 3.8) is 0 Å². The Kier molecular flexibility index (Phi) is 4.37. The molecular weight excluding hydrogens is 245 g/mol. The Morgan fingerprint density at radius 2 is 2.37 bits per heavy atom. The Bertz CT molecular complexity index is 464. The zero-order chi connectivity index (χ0) is 13.8. The molecule has 0 bridgehead atoms. The summed E-state index contributed by atoms with van der Waals surface area (Å²) in [6.45, 7) is 5.05. The quantitative estimate of drug-likeness (QED) is 0.817. The van der Waals surface area contributed by atoms with Crippen molar-refractivity contribution in [1.29, 1.82) is 0 Å². The number of hydrogen-bond donors (Lipinski definition) is 2. The molecule has 1 saturated heterocycles. The summed E-state index contributed by atoms with van der Waals surface area (Å²) in [6, 6.07) is 4.00. The fraction of sp³-hybridized carbons (Fsp3) is 0.500. The molecule has 19 heavy (non-hydrogen) atoms. The number of rotatable bonds is 3. The molecule has 1 amide bonds. The van der Waals surface area contributed by atoms with Gasteiger partial charge in [0.2, 0.25) is 0 Å². The second-order valence-corrected chi connectivity index (χ2v) is 4.94. The van der Waals surface area contributed by atoms with E-state index in [1.54, 1.807) is 0 Å². The fourth-order valence-electron chi connectivity index (χ4n) is 2.46. The minimum absolute atomic E-state index is 0.144. The van der Waals surface area contributed by atoms with Crippen molar-refractivity contribution >= 4 is 11.6 Å². The maximum atomic E-state index is 12.9. The van der Waals surface area contributed by atoms with Gasteiger partial charge < -0.3 is 16.0 Å². The minimum atomic E-state index is -0.427. The normalized spacial score (nSPS) is 20.2. The number of nitrogens with zero attached hydrogens (tertiary/aromatic N) is 1. The van der Waals surface area contributed by atoms with Crippen molar-refractivity contribution in [2.24, 2.45) is 0 Å². The first kappa shape index (κ1) is 13.8. The molecule has 0 saturated carbocycles. The third-order valence-corrected chi connectivity index (χ3v) is 3.55. The van der Waals surface area contributed by atoms with E-state index in [9.17, 15) is 9.18 Å². The number of nitrogens with two attached hydrogens (primary N) is 1. The molecule has 0 aliphatic carbocycles. The van der Waals surface area contributed by atoms with Crippen LogP contribution in [0.2, 0.25) is 0 Å². The van der Waals surface area contributed by atoms with Crippen LogP contribution < -0.4 is 11.1 Å². The molecule has 2 rings (SSSR count). The Morgan fingerprint density at radius 3 is 3.05 bits per heavy atom. The van der Waals surface area contributed by atoms with Gasteiger partial charge in [-0.05, 0) is 44.1 Å². The Balaban J connectivity index is 2.00. The number of halogens is 1. The maximum Gasteiger partial charge on any atom is 0.253 e. The number of likely N-dealkylation sites (N-methyl/N-ethyl adjacent to an activating group) is 1. The SMILES string of the molecule is CCN1CCCC(NC(=O)c2ccc(F)cc2N)C1. The van der Waals surface area contributed by atoms with Gasteiger partial charge in [0.1, 0.15) is 5.82 Å². The standard InChI is InChI=1S/C14H20FN3O/c1-2-18-7-3-4-11(9-18)17-14(19)12-6-5-10(15)8-13(12)16/h5-6,8,11H,2-4,7,9,16H2,1H3,(H,17,19). The number of anilines is 1. The van der Waals surface area contributed by atoms with E-state index >= 15 is 0 Å². The first-order valence-electron chi connectivity index (χ1n) is 6.68. The summed E-state index contributed by atoms with van der Waals surface area (Å²) < 4.78 is 12.9. The molecule has 104 valence electrons. The molecule has 3 N–H and O–H groups in total. The highest BCUT2D eigenvalue weighted by atomic mass is 19.1. The van der Waals surface area contributed by atoms with Gasteiger partial charge in [-0.3, -0.25) is 4.79 Å². The van der Waals surface area contributed by atoms with E-state index in [4.69, 9.17) is 5.73 Å². The predicted molar refractivity (Wildman–Crippen MR) is 73.4 cm³/mol. The summed E-state index contributed by atoms with van der Waals surface area (Å²) in [4.78, 5) is 14.4. The van der Waals surface area contributed by atoms with Crippen molar-refractivity contribution in [3.05, 3.63) is 29.6 Å². The second-order valence-electron chi connectivity index (χ2n) is 4.94. The van der Waals surface area contributed by atoms with Crippen LogP contribution in [0.5, 0.6) is 0 Å². The number of piperidine rings is 1.